The van der Waals surface area contributed by atoms with Crippen molar-refractivity contribution in [3.8, 4) is 5.75 Å². The molecule has 3 N–H and O–H groups in total. The van der Waals surface area contributed by atoms with Crippen LogP contribution in [-0.2, 0) is 6.42 Å². The van der Waals surface area contributed by atoms with E-state index in [1.165, 1.54) is 19.8 Å². The molecule has 0 aromatic carbocycles. The molecule has 0 amide bonds. The monoisotopic (exact) mass is 250 g/mol. The van der Waals surface area contributed by atoms with Gasteiger partial charge >= 0.3 is 0 Å². The number of nitrogens with one attached hydrogen (secondary N) is 3. The molecule has 0 saturated carbocycles. The number of nitrogens with zero attached hydrogens (tertiary/aromatic N) is 3. The maximum atomic E-state index is 11.4. The zero-order chi connectivity index (χ0) is 12.8. The lowest BCUT2D eigenvalue weighted by atomic mass is 10.3. The molecule has 0 aliphatic rings. The van der Waals surface area contributed by atoms with Gasteiger partial charge in [0.2, 0.25) is 5.75 Å². The van der Waals surface area contributed by atoms with Gasteiger partial charge in [-0.1, -0.05) is 0 Å². The SMILES string of the molecule is COc1c(NCCCc2ncn[nH]2)nc[nH]c1=O. The molecule has 2 heterocycles. The molecule has 2 aromatic rings. The molecule has 0 atom stereocenters. The van der Waals surface area contributed by atoms with Gasteiger partial charge in [-0.25, -0.2) is 9.97 Å². The summed E-state index contributed by atoms with van der Waals surface area (Å²) in [6.45, 7) is 0.660. The summed E-state index contributed by atoms with van der Waals surface area (Å²) in [7, 11) is 1.44. The minimum absolute atomic E-state index is 0.192. The van der Waals surface area contributed by atoms with Crippen molar-refractivity contribution in [3.63, 3.8) is 0 Å². The van der Waals surface area contributed by atoms with E-state index in [2.05, 4.69) is 30.5 Å². The van der Waals surface area contributed by atoms with E-state index in [1.54, 1.807) is 0 Å². The first-order valence-electron chi connectivity index (χ1n) is 5.51. The van der Waals surface area contributed by atoms with Gasteiger partial charge in [-0.05, 0) is 6.42 Å². The maximum absolute atomic E-state index is 11.4. The smallest absolute Gasteiger partial charge is 0.295 e. The van der Waals surface area contributed by atoms with Crippen LogP contribution in [-0.4, -0.2) is 38.8 Å². The van der Waals surface area contributed by atoms with Crippen molar-refractivity contribution in [1.82, 2.24) is 25.1 Å². The lowest BCUT2D eigenvalue weighted by Gasteiger charge is -2.07. The summed E-state index contributed by atoms with van der Waals surface area (Å²) in [5, 5.41) is 9.60. The number of ether oxygens (including phenoxy) is 1. The van der Waals surface area contributed by atoms with E-state index in [1.807, 2.05) is 0 Å². The highest BCUT2D eigenvalue weighted by Gasteiger charge is 2.07. The molecule has 0 spiro atoms. The Morgan fingerprint density at radius 2 is 2.33 bits per heavy atom. The molecule has 18 heavy (non-hydrogen) atoms. The predicted molar refractivity (Wildman–Crippen MR) is 64.6 cm³/mol. The lowest BCUT2D eigenvalue weighted by molar-refractivity contribution is 0.408. The number of H-pyrrole nitrogens is 2. The highest BCUT2D eigenvalue weighted by molar-refractivity contribution is 5.47. The molecule has 96 valence electrons. The first kappa shape index (κ1) is 12.1. The van der Waals surface area contributed by atoms with Crippen molar-refractivity contribution >= 4 is 5.82 Å². The van der Waals surface area contributed by atoms with Crippen LogP contribution < -0.4 is 15.6 Å². The Bertz CT molecular complexity index is 536. The van der Waals surface area contributed by atoms with Gasteiger partial charge in [0.25, 0.3) is 5.56 Å². The predicted octanol–water partition coefficient (Wildman–Crippen LogP) is -0.0587. The molecular formula is C10H14N6O2. The van der Waals surface area contributed by atoms with Crippen molar-refractivity contribution in [2.45, 2.75) is 12.8 Å². The fourth-order valence-electron chi connectivity index (χ4n) is 1.52. The van der Waals surface area contributed by atoms with Gasteiger partial charge in [-0.15, -0.1) is 0 Å². The van der Waals surface area contributed by atoms with E-state index in [4.69, 9.17) is 4.74 Å². The van der Waals surface area contributed by atoms with Gasteiger partial charge < -0.3 is 15.0 Å². The molecule has 2 rings (SSSR count). The number of rotatable bonds is 6. The molecule has 0 aliphatic heterocycles. The number of aromatic amines is 2. The molecule has 0 saturated heterocycles. The standard InChI is InChI=1S/C10H14N6O2/c1-18-8-9(13-5-14-10(8)17)11-4-2-3-7-12-6-15-16-7/h5-6H,2-4H2,1H3,(H,12,15,16)(H2,11,13,14,17). The van der Waals surface area contributed by atoms with E-state index < -0.39 is 0 Å². The van der Waals surface area contributed by atoms with Crippen LogP contribution in [0.3, 0.4) is 0 Å². The normalized spacial score (nSPS) is 10.3. The number of hydrogen-bond acceptors (Lipinski definition) is 6. The molecule has 0 bridgehead atoms. The van der Waals surface area contributed by atoms with Gasteiger partial charge in [-0.2, -0.15) is 5.10 Å². The Kier molecular flexibility index (Phi) is 3.90. The average molecular weight is 250 g/mol. The third kappa shape index (κ3) is 2.84. The first-order valence-corrected chi connectivity index (χ1v) is 5.51. The van der Waals surface area contributed by atoms with Crippen LogP contribution in [0.15, 0.2) is 17.4 Å². The third-order valence-electron chi connectivity index (χ3n) is 2.36. The molecule has 8 nitrogen and oxygen atoms in total. The third-order valence-corrected chi connectivity index (χ3v) is 2.36. The number of aromatic nitrogens is 5. The Labute approximate surface area is 103 Å². The molecule has 0 radical (unpaired) electrons. The van der Waals surface area contributed by atoms with Gasteiger partial charge in [0.1, 0.15) is 12.2 Å². The number of anilines is 1. The summed E-state index contributed by atoms with van der Waals surface area (Å²) in [6.07, 6.45) is 4.43. The van der Waals surface area contributed by atoms with Crippen molar-refractivity contribution in [2.24, 2.45) is 0 Å². The van der Waals surface area contributed by atoms with Crippen molar-refractivity contribution in [1.29, 1.82) is 0 Å². The second-order valence-corrected chi connectivity index (χ2v) is 3.58. The molecule has 0 fully saturated rings. The largest absolute Gasteiger partial charge is 0.489 e. The summed E-state index contributed by atoms with van der Waals surface area (Å²) >= 11 is 0. The van der Waals surface area contributed by atoms with Gasteiger partial charge in [0, 0.05) is 13.0 Å². The zero-order valence-electron chi connectivity index (χ0n) is 9.93. The van der Waals surface area contributed by atoms with E-state index in [-0.39, 0.29) is 11.3 Å². The number of methoxy groups -OCH3 is 1. The maximum Gasteiger partial charge on any atom is 0.295 e. The molecule has 8 heteroatoms. The van der Waals surface area contributed by atoms with Crippen LogP contribution in [0.4, 0.5) is 5.82 Å². The van der Waals surface area contributed by atoms with Crippen LogP contribution in [0.25, 0.3) is 0 Å². The minimum Gasteiger partial charge on any atom is -0.489 e. The summed E-state index contributed by atoms with van der Waals surface area (Å²) in [5.41, 5.74) is -0.301. The Hall–Kier alpha value is -2.38. The van der Waals surface area contributed by atoms with Crippen LogP contribution in [0.2, 0.25) is 0 Å². The molecule has 0 unspecified atom stereocenters. The van der Waals surface area contributed by atoms with Gasteiger partial charge in [0.15, 0.2) is 5.82 Å². The van der Waals surface area contributed by atoms with Crippen molar-refractivity contribution in [2.75, 3.05) is 19.0 Å². The summed E-state index contributed by atoms with van der Waals surface area (Å²) in [4.78, 5) is 21.9. The Balaban J connectivity index is 1.87. The van der Waals surface area contributed by atoms with Crippen LogP contribution in [0, 0.1) is 0 Å². The number of aryl methyl sites for hydroxylation is 1. The quantitative estimate of drug-likeness (QED) is 0.620. The molecular weight excluding hydrogens is 236 g/mol. The first-order chi connectivity index (χ1) is 8.81. The number of hydrogen-bond donors (Lipinski definition) is 3. The Morgan fingerprint density at radius 3 is 3.06 bits per heavy atom. The highest BCUT2D eigenvalue weighted by atomic mass is 16.5. The second kappa shape index (κ2) is 5.80. The van der Waals surface area contributed by atoms with Gasteiger partial charge in [-0.3, -0.25) is 9.89 Å². The molecule has 0 aliphatic carbocycles. The summed E-state index contributed by atoms with van der Waals surface area (Å²) in [5.74, 6) is 1.47. The highest BCUT2D eigenvalue weighted by Crippen LogP contribution is 2.13. The minimum atomic E-state index is -0.301. The second-order valence-electron chi connectivity index (χ2n) is 3.58. The van der Waals surface area contributed by atoms with Crippen LogP contribution in [0.5, 0.6) is 5.75 Å². The van der Waals surface area contributed by atoms with Crippen LogP contribution in [0.1, 0.15) is 12.2 Å². The van der Waals surface area contributed by atoms with Crippen molar-refractivity contribution in [3.05, 3.63) is 28.8 Å². The summed E-state index contributed by atoms with van der Waals surface area (Å²) in [6, 6.07) is 0. The average Bonchev–Trinajstić information content (AvgIpc) is 2.88. The van der Waals surface area contributed by atoms with Gasteiger partial charge in [0.05, 0.1) is 13.4 Å². The zero-order valence-corrected chi connectivity index (χ0v) is 9.93. The van der Waals surface area contributed by atoms with E-state index in [0.717, 1.165) is 18.7 Å². The summed E-state index contributed by atoms with van der Waals surface area (Å²) < 4.78 is 4.98. The van der Waals surface area contributed by atoms with Crippen LogP contribution >= 0.6 is 0 Å². The van der Waals surface area contributed by atoms with E-state index in [0.29, 0.717) is 12.4 Å². The topological polar surface area (TPSA) is 109 Å². The van der Waals surface area contributed by atoms with E-state index in [9.17, 15) is 4.79 Å². The lowest BCUT2D eigenvalue weighted by Crippen LogP contribution is -2.15. The van der Waals surface area contributed by atoms with Crippen molar-refractivity contribution < 1.29 is 4.74 Å². The van der Waals surface area contributed by atoms with E-state index >= 15 is 0 Å². The fraction of sp³-hybridized carbons (Fsp3) is 0.400. The molecule has 2 aromatic heterocycles. The fourth-order valence-corrected chi connectivity index (χ4v) is 1.52. The Morgan fingerprint density at radius 1 is 1.44 bits per heavy atom.